The second-order valence-corrected chi connectivity index (χ2v) is 5.63. The Hall–Kier alpha value is -1.29. The minimum Gasteiger partial charge on any atom is -0.373 e. The first kappa shape index (κ1) is 13.1. The Morgan fingerprint density at radius 1 is 1.44 bits per heavy atom. The van der Waals surface area contributed by atoms with E-state index in [2.05, 4.69) is 15.6 Å². The van der Waals surface area contributed by atoms with Gasteiger partial charge in [0.05, 0.1) is 5.02 Å². The zero-order valence-corrected chi connectivity index (χ0v) is 11.6. The van der Waals surface area contributed by atoms with E-state index < -0.39 is 0 Å². The monoisotopic (exact) mass is 267 g/mol. The molecule has 1 aliphatic rings. The summed E-state index contributed by atoms with van der Waals surface area (Å²) in [6.07, 6.45) is 2.34. The van der Waals surface area contributed by atoms with Crippen molar-refractivity contribution in [2.24, 2.45) is 5.92 Å². The highest BCUT2D eigenvalue weighted by molar-refractivity contribution is 6.33. The van der Waals surface area contributed by atoms with E-state index in [-0.39, 0.29) is 17.1 Å². The topological polar surface area (TPSA) is 54.0 Å². The van der Waals surface area contributed by atoms with E-state index in [9.17, 15) is 4.79 Å². The summed E-state index contributed by atoms with van der Waals surface area (Å²) in [6, 6.07) is 3.42. The van der Waals surface area contributed by atoms with E-state index in [1.54, 1.807) is 19.2 Å². The van der Waals surface area contributed by atoms with Crippen LogP contribution in [-0.4, -0.2) is 23.5 Å². The van der Waals surface area contributed by atoms with Crippen molar-refractivity contribution >= 4 is 23.3 Å². The molecule has 18 heavy (non-hydrogen) atoms. The van der Waals surface area contributed by atoms with Gasteiger partial charge in [0, 0.05) is 12.6 Å². The molecule has 0 saturated heterocycles. The Morgan fingerprint density at radius 2 is 2.11 bits per heavy atom. The van der Waals surface area contributed by atoms with E-state index in [1.165, 1.54) is 12.8 Å². The fraction of sp³-hybridized carbons (Fsp3) is 0.538. The summed E-state index contributed by atoms with van der Waals surface area (Å²) >= 11 is 6.02. The normalized spacial score (nSPS) is 15.3. The highest BCUT2D eigenvalue weighted by Crippen LogP contribution is 2.39. The summed E-state index contributed by atoms with van der Waals surface area (Å²) in [5.41, 5.74) is 0.0785. The van der Waals surface area contributed by atoms with Crippen molar-refractivity contribution in [3.8, 4) is 0 Å². The molecule has 0 spiro atoms. The third-order valence-electron chi connectivity index (χ3n) is 3.35. The van der Waals surface area contributed by atoms with Crippen LogP contribution in [0.1, 0.15) is 37.2 Å². The molecule has 0 unspecified atom stereocenters. The number of halogens is 1. The molecule has 1 aromatic heterocycles. The van der Waals surface area contributed by atoms with Crippen molar-refractivity contribution in [2.45, 2.75) is 32.2 Å². The van der Waals surface area contributed by atoms with Gasteiger partial charge in [0.1, 0.15) is 11.5 Å². The van der Waals surface area contributed by atoms with Crippen LogP contribution in [0.5, 0.6) is 0 Å². The Balaban J connectivity index is 2.17. The van der Waals surface area contributed by atoms with Gasteiger partial charge in [0.2, 0.25) is 0 Å². The van der Waals surface area contributed by atoms with Crippen LogP contribution in [0.3, 0.4) is 0 Å². The van der Waals surface area contributed by atoms with Crippen molar-refractivity contribution in [3.05, 3.63) is 22.8 Å². The van der Waals surface area contributed by atoms with Gasteiger partial charge in [0.25, 0.3) is 5.91 Å². The van der Waals surface area contributed by atoms with E-state index in [0.717, 1.165) is 0 Å². The molecule has 1 amide bonds. The van der Waals surface area contributed by atoms with Gasteiger partial charge < -0.3 is 10.6 Å². The zero-order chi connectivity index (χ0) is 13.3. The number of aromatic nitrogens is 1. The number of hydrogen-bond donors (Lipinski definition) is 2. The van der Waals surface area contributed by atoms with E-state index >= 15 is 0 Å². The van der Waals surface area contributed by atoms with E-state index in [4.69, 9.17) is 11.6 Å². The fourth-order valence-corrected chi connectivity index (χ4v) is 2.19. The molecule has 2 N–H and O–H groups in total. The van der Waals surface area contributed by atoms with Crippen LogP contribution >= 0.6 is 11.6 Å². The second kappa shape index (κ2) is 4.76. The molecule has 98 valence electrons. The maximum atomic E-state index is 12.2. The molecular weight excluding hydrogens is 250 g/mol. The van der Waals surface area contributed by atoms with Crippen LogP contribution in [0.15, 0.2) is 12.1 Å². The second-order valence-electron chi connectivity index (χ2n) is 5.23. The van der Waals surface area contributed by atoms with E-state index in [1.807, 2.05) is 13.8 Å². The van der Waals surface area contributed by atoms with Gasteiger partial charge in [-0.25, -0.2) is 4.98 Å². The predicted octanol–water partition coefficient (Wildman–Crippen LogP) is 2.70. The predicted molar refractivity (Wildman–Crippen MR) is 73.1 cm³/mol. The van der Waals surface area contributed by atoms with Gasteiger partial charge in [-0.05, 0) is 44.7 Å². The van der Waals surface area contributed by atoms with Crippen LogP contribution in [0.4, 0.5) is 5.82 Å². The third kappa shape index (κ3) is 2.75. The molecule has 1 saturated carbocycles. The molecular formula is C13H18ClN3O. The molecule has 0 atom stereocenters. The Labute approximate surface area is 112 Å². The van der Waals surface area contributed by atoms with Crippen LogP contribution in [-0.2, 0) is 0 Å². The Bertz CT molecular complexity index is 469. The number of carbonyl (C=O) groups is 1. The molecule has 0 radical (unpaired) electrons. The van der Waals surface area contributed by atoms with Crippen molar-refractivity contribution in [2.75, 3.05) is 12.4 Å². The summed E-state index contributed by atoms with van der Waals surface area (Å²) in [4.78, 5) is 16.4. The van der Waals surface area contributed by atoms with Gasteiger partial charge in [0.15, 0.2) is 0 Å². The van der Waals surface area contributed by atoms with Crippen molar-refractivity contribution in [3.63, 3.8) is 0 Å². The molecule has 0 bridgehead atoms. The smallest absolute Gasteiger partial charge is 0.271 e. The number of rotatable bonds is 4. The molecule has 1 fully saturated rings. The van der Waals surface area contributed by atoms with Gasteiger partial charge in [-0.3, -0.25) is 4.79 Å². The summed E-state index contributed by atoms with van der Waals surface area (Å²) < 4.78 is 0. The fourth-order valence-electron chi connectivity index (χ4n) is 2.00. The number of nitrogens with zero attached hydrogens (tertiary/aromatic N) is 1. The highest BCUT2D eigenvalue weighted by Gasteiger charge is 2.39. The molecule has 1 heterocycles. The third-order valence-corrected chi connectivity index (χ3v) is 3.66. The number of amides is 1. The zero-order valence-electron chi connectivity index (χ0n) is 10.9. The lowest BCUT2D eigenvalue weighted by molar-refractivity contribution is 0.0898. The average molecular weight is 268 g/mol. The highest BCUT2D eigenvalue weighted by atomic mass is 35.5. The van der Waals surface area contributed by atoms with Crippen molar-refractivity contribution in [1.82, 2.24) is 10.3 Å². The molecule has 5 heteroatoms. The number of carbonyl (C=O) groups excluding carboxylic acids is 1. The Morgan fingerprint density at radius 3 is 2.67 bits per heavy atom. The average Bonchev–Trinajstić information content (AvgIpc) is 3.13. The molecule has 0 aromatic carbocycles. The number of hydrogen-bond acceptors (Lipinski definition) is 3. The summed E-state index contributed by atoms with van der Waals surface area (Å²) in [7, 11) is 1.76. The van der Waals surface area contributed by atoms with Crippen LogP contribution in [0.2, 0.25) is 5.02 Å². The summed E-state index contributed by atoms with van der Waals surface area (Å²) in [5, 5.41) is 6.28. The number of nitrogens with one attached hydrogen (secondary N) is 2. The summed E-state index contributed by atoms with van der Waals surface area (Å²) in [5.74, 6) is 0.982. The summed E-state index contributed by atoms with van der Waals surface area (Å²) in [6.45, 7) is 4.08. The van der Waals surface area contributed by atoms with Crippen molar-refractivity contribution in [1.29, 1.82) is 0 Å². The van der Waals surface area contributed by atoms with Gasteiger partial charge in [-0.2, -0.15) is 0 Å². The first-order valence-corrected chi connectivity index (χ1v) is 6.48. The van der Waals surface area contributed by atoms with Gasteiger partial charge in [-0.1, -0.05) is 11.6 Å². The molecule has 2 rings (SSSR count). The van der Waals surface area contributed by atoms with Crippen LogP contribution in [0.25, 0.3) is 0 Å². The maximum Gasteiger partial charge on any atom is 0.271 e. The van der Waals surface area contributed by atoms with Gasteiger partial charge in [-0.15, -0.1) is 0 Å². The molecule has 1 aromatic rings. The largest absolute Gasteiger partial charge is 0.373 e. The quantitative estimate of drug-likeness (QED) is 0.882. The minimum atomic E-state index is -0.214. The first-order valence-electron chi connectivity index (χ1n) is 6.11. The van der Waals surface area contributed by atoms with Gasteiger partial charge >= 0.3 is 0 Å². The molecule has 4 nitrogen and oxygen atoms in total. The van der Waals surface area contributed by atoms with Crippen molar-refractivity contribution < 1.29 is 4.79 Å². The number of pyridine rings is 1. The number of anilines is 1. The minimum absolute atomic E-state index is 0.197. The lowest BCUT2D eigenvalue weighted by Gasteiger charge is -2.26. The van der Waals surface area contributed by atoms with Crippen LogP contribution in [0, 0.1) is 5.92 Å². The maximum absolute atomic E-state index is 12.2. The Kier molecular flexibility index (Phi) is 3.48. The SMILES string of the molecule is CNc1ccc(Cl)c(C(=O)NC(C)(C)C2CC2)n1. The molecule has 1 aliphatic carbocycles. The lowest BCUT2D eigenvalue weighted by atomic mass is 9.98. The standard InChI is InChI=1S/C13H18ClN3O/c1-13(2,8-4-5-8)17-12(18)11-9(14)6-7-10(15-3)16-11/h6-8H,4-5H2,1-3H3,(H,15,16)(H,17,18). The van der Waals surface area contributed by atoms with Crippen LogP contribution < -0.4 is 10.6 Å². The molecule has 0 aliphatic heterocycles. The lowest BCUT2D eigenvalue weighted by Crippen LogP contribution is -2.45. The van der Waals surface area contributed by atoms with E-state index in [0.29, 0.717) is 16.8 Å². The first-order chi connectivity index (χ1) is 8.44.